The third-order valence-corrected chi connectivity index (χ3v) is 7.81. The van der Waals surface area contributed by atoms with Crippen molar-refractivity contribution in [3.63, 3.8) is 0 Å². The zero-order valence-electron chi connectivity index (χ0n) is 20.2. The third kappa shape index (κ3) is 5.26. The van der Waals surface area contributed by atoms with E-state index in [0.29, 0.717) is 17.5 Å². The lowest BCUT2D eigenvalue weighted by atomic mass is 9.99. The fraction of sp³-hybridized carbons (Fsp3) is 0.240. The molecule has 182 valence electrons. The molecule has 3 aromatic rings. The van der Waals surface area contributed by atoms with E-state index in [0.717, 1.165) is 45.7 Å². The van der Waals surface area contributed by atoms with Crippen LogP contribution in [0.2, 0.25) is 0 Å². The molecular formula is C25H29BrN7OP. The van der Waals surface area contributed by atoms with Gasteiger partial charge in [0.15, 0.2) is 0 Å². The minimum absolute atomic E-state index is 0.0952. The maximum Gasteiger partial charge on any atom is 0.229 e. The van der Waals surface area contributed by atoms with Gasteiger partial charge in [-0.1, -0.05) is 26.1 Å². The molecule has 5 N–H and O–H groups in total. The minimum Gasteiger partial charge on any atom is -0.506 e. The second-order valence-corrected chi connectivity index (χ2v) is 11.5. The van der Waals surface area contributed by atoms with Crippen molar-refractivity contribution in [1.29, 1.82) is 0 Å². The number of para-hydroxylation sites is 1. The van der Waals surface area contributed by atoms with Crippen LogP contribution in [-0.2, 0) is 0 Å². The van der Waals surface area contributed by atoms with Crippen molar-refractivity contribution in [1.82, 2.24) is 9.97 Å². The number of nitrogens with zero attached hydrogens (tertiary/aromatic N) is 4. The molecule has 2 heterocycles. The molecule has 10 heteroatoms. The first-order valence-corrected chi connectivity index (χ1v) is 14.1. The molecule has 0 saturated heterocycles. The number of aromatic hydroxyl groups is 1. The summed E-state index contributed by atoms with van der Waals surface area (Å²) in [6, 6.07) is 11.8. The standard InChI is InChI=1S/C25H29BrN7OP/c1-28-18-9-10-33(2)21-12-22(34)20(11-15(21)16(18)13-27)31-25-29-14-17(26)24(32-25)30-19-7-5-6-8-23(19)35(3)4/h5-8,11-14,34H,9-10,27H2,1-4H3,(H2,29,30,31,32). The van der Waals surface area contributed by atoms with Crippen molar-refractivity contribution in [2.24, 2.45) is 10.7 Å². The number of benzene rings is 2. The van der Waals surface area contributed by atoms with Gasteiger partial charge in [0.1, 0.15) is 11.6 Å². The summed E-state index contributed by atoms with van der Waals surface area (Å²) in [6.07, 6.45) is 4.02. The third-order valence-electron chi connectivity index (χ3n) is 5.88. The topological polar surface area (TPSA) is 112 Å². The molecule has 0 fully saturated rings. The van der Waals surface area contributed by atoms with E-state index in [-0.39, 0.29) is 13.7 Å². The quantitative estimate of drug-likeness (QED) is 0.259. The molecule has 4 rings (SSSR count). The number of fused-ring (bicyclic) bond motifs is 1. The van der Waals surface area contributed by atoms with Gasteiger partial charge in [-0.3, -0.25) is 4.99 Å². The van der Waals surface area contributed by atoms with E-state index in [1.54, 1.807) is 25.5 Å². The number of phenols is 1. The molecule has 1 aliphatic heterocycles. The van der Waals surface area contributed by atoms with E-state index in [2.05, 4.69) is 65.8 Å². The fourth-order valence-electron chi connectivity index (χ4n) is 4.04. The van der Waals surface area contributed by atoms with Gasteiger partial charge in [-0.05, 0) is 46.7 Å². The van der Waals surface area contributed by atoms with Gasteiger partial charge in [0.25, 0.3) is 0 Å². The van der Waals surface area contributed by atoms with Gasteiger partial charge >= 0.3 is 0 Å². The molecular weight excluding hydrogens is 525 g/mol. The Labute approximate surface area is 215 Å². The summed E-state index contributed by atoms with van der Waals surface area (Å²) < 4.78 is 0.735. The predicted molar refractivity (Wildman–Crippen MR) is 153 cm³/mol. The molecule has 35 heavy (non-hydrogen) atoms. The van der Waals surface area contributed by atoms with Crippen molar-refractivity contribution in [2.45, 2.75) is 6.42 Å². The molecule has 2 aromatic carbocycles. The van der Waals surface area contributed by atoms with E-state index in [9.17, 15) is 5.11 Å². The molecule has 8 nitrogen and oxygen atoms in total. The maximum atomic E-state index is 10.8. The fourth-order valence-corrected chi connectivity index (χ4v) is 5.33. The molecule has 1 aliphatic rings. The van der Waals surface area contributed by atoms with Crippen molar-refractivity contribution < 1.29 is 5.11 Å². The van der Waals surface area contributed by atoms with E-state index in [1.807, 2.05) is 31.3 Å². The Morgan fingerprint density at radius 3 is 2.69 bits per heavy atom. The van der Waals surface area contributed by atoms with Gasteiger partial charge in [0.2, 0.25) is 5.95 Å². The zero-order chi connectivity index (χ0) is 25.1. The molecule has 0 saturated carbocycles. The van der Waals surface area contributed by atoms with Gasteiger partial charge in [0, 0.05) is 73.7 Å². The molecule has 0 aliphatic carbocycles. The van der Waals surface area contributed by atoms with Gasteiger partial charge in [-0.25, -0.2) is 4.98 Å². The highest BCUT2D eigenvalue weighted by Crippen LogP contribution is 2.39. The van der Waals surface area contributed by atoms with Crippen LogP contribution in [0.5, 0.6) is 5.75 Å². The molecule has 0 amide bonds. The highest BCUT2D eigenvalue weighted by Gasteiger charge is 2.23. The van der Waals surface area contributed by atoms with Crippen LogP contribution in [0.15, 0.2) is 58.3 Å². The summed E-state index contributed by atoms with van der Waals surface area (Å²) in [4.78, 5) is 15.6. The first-order chi connectivity index (χ1) is 16.8. The molecule has 1 aromatic heterocycles. The molecule has 0 spiro atoms. The first kappa shape index (κ1) is 24.9. The largest absolute Gasteiger partial charge is 0.506 e. The number of aromatic nitrogens is 2. The van der Waals surface area contributed by atoms with E-state index in [1.165, 1.54) is 5.30 Å². The summed E-state index contributed by atoms with van der Waals surface area (Å²) in [5.41, 5.74) is 11.0. The van der Waals surface area contributed by atoms with Crippen LogP contribution >= 0.6 is 23.9 Å². The smallest absolute Gasteiger partial charge is 0.229 e. The highest BCUT2D eigenvalue weighted by atomic mass is 79.9. The summed E-state index contributed by atoms with van der Waals surface area (Å²) in [5.74, 6) is 1.07. The first-order valence-electron chi connectivity index (χ1n) is 11.1. The molecule has 0 radical (unpaired) electrons. The molecule has 0 bridgehead atoms. The lowest BCUT2D eigenvalue weighted by Crippen LogP contribution is -2.18. The van der Waals surface area contributed by atoms with Crippen molar-refractivity contribution >= 4 is 69.3 Å². The second-order valence-electron chi connectivity index (χ2n) is 8.36. The van der Waals surface area contributed by atoms with Crippen LogP contribution in [0.4, 0.5) is 28.8 Å². The average molecular weight is 554 g/mol. The van der Waals surface area contributed by atoms with Crippen LogP contribution in [0.3, 0.4) is 0 Å². The number of allylic oxidation sites excluding steroid dienone is 1. The second kappa shape index (κ2) is 10.6. The number of phenolic OH excluding ortho intramolecular Hbond substituents is 1. The van der Waals surface area contributed by atoms with Crippen molar-refractivity contribution in [3.8, 4) is 5.75 Å². The highest BCUT2D eigenvalue weighted by molar-refractivity contribution is 9.10. The minimum atomic E-state index is -0.295. The monoisotopic (exact) mass is 553 g/mol. The van der Waals surface area contributed by atoms with Crippen LogP contribution in [0.25, 0.3) is 5.57 Å². The normalized spacial score (nSPS) is 15.9. The van der Waals surface area contributed by atoms with Gasteiger partial charge in [-0.2, -0.15) is 4.98 Å². The summed E-state index contributed by atoms with van der Waals surface area (Å²) >= 11 is 3.55. The van der Waals surface area contributed by atoms with Crippen molar-refractivity contribution in [3.05, 3.63) is 58.8 Å². The van der Waals surface area contributed by atoms with Gasteiger partial charge < -0.3 is 26.4 Å². The number of halogens is 1. The van der Waals surface area contributed by atoms with Crippen LogP contribution in [0, 0.1) is 0 Å². The number of nitrogens with two attached hydrogens (primary N) is 1. The number of aliphatic imine (C=N–C) groups is 1. The van der Waals surface area contributed by atoms with E-state index in [4.69, 9.17) is 5.73 Å². The van der Waals surface area contributed by atoms with E-state index < -0.39 is 0 Å². The number of rotatable bonds is 5. The Morgan fingerprint density at radius 2 is 1.97 bits per heavy atom. The number of hydrogen-bond donors (Lipinski definition) is 4. The van der Waals surface area contributed by atoms with Crippen molar-refractivity contribution in [2.75, 3.05) is 49.5 Å². The summed E-state index contributed by atoms with van der Waals surface area (Å²) in [5, 5.41) is 18.7. The van der Waals surface area contributed by atoms with Crippen LogP contribution in [0.1, 0.15) is 12.0 Å². The Hall–Kier alpha value is -3.16. The van der Waals surface area contributed by atoms with Gasteiger partial charge in [0.05, 0.1) is 10.2 Å². The number of nitrogens with one attached hydrogen (secondary N) is 2. The summed E-state index contributed by atoms with van der Waals surface area (Å²) in [7, 11) is 3.47. The maximum absolute atomic E-state index is 10.8. The summed E-state index contributed by atoms with van der Waals surface area (Å²) in [6.45, 7) is 5.21. The Balaban J connectivity index is 1.70. The van der Waals surface area contributed by atoms with Gasteiger partial charge in [-0.15, -0.1) is 0 Å². The molecule has 0 atom stereocenters. The van der Waals surface area contributed by atoms with Crippen LogP contribution in [-0.4, -0.2) is 54.8 Å². The Bertz CT molecular complexity index is 1310. The predicted octanol–water partition coefficient (Wildman–Crippen LogP) is 5.01. The number of anilines is 5. The average Bonchev–Trinajstić information content (AvgIpc) is 2.97. The Kier molecular flexibility index (Phi) is 7.57. The molecule has 0 unspecified atom stereocenters. The lowest BCUT2D eigenvalue weighted by Gasteiger charge is -2.21. The van der Waals surface area contributed by atoms with E-state index >= 15 is 0 Å². The lowest BCUT2D eigenvalue weighted by molar-refractivity contribution is 0.477. The Morgan fingerprint density at radius 1 is 1.20 bits per heavy atom. The van der Waals surface area contributed by atoms with Crippen LogP contribution < -0.4 is 26.6 Å². The zero-order valence-corrected chi connectivity index (χ0v) is 22.7. The number of hydrogen-bond acceptors (Lipinski definition) is 8. The SMILES string of the molecule is CN=C1CCN(C)c2cc(O)c(Nc3ncc(Br)c(Nc4ccccc4P(C)C)n3)cc2C1=CN.